The maximum atomic E-state index is 12.6. The Bertz CT molecular complexity index is 1150. The number of amides is 1. The summed E-state index contributed by atoms with van der Waals surface area (Å²) in [6.07, 6.45) is 4.83. The highest BCUT2D eigenvalue weighted by atomic mass is 35.5. The fourth-order valence-corrected chi connectivity index (χ4v) is 5.36. The molecule has 0 saturated carbocycles. The first-order valence-corrected chi connectivity index (χ1v) is 13.8. The van der Waals surface area contributed by atoms with E-state index in [9.17, 15) is 4.79 Å². The second-order valence-corrected chi connectivity index (χ2v) is 10.7. The predicted octanol–water partition coefficient (Wildman–Crippen LogP) is 6.02. The average Bonchev–Trinajstić information content (AvgIpc) is 3.27. The second-order valence-electron chi connectivity index (χ2n) is 8.98. The molecule has 0 aliphatic carbocycles. The lowest BCUT2D eigenvalue weighted by Crippen LogP contribution is -2.39. The number of likely N-dealkylation sites (tertiary alicyclic amines) is 1. The Kier molecular flexibility index (Phi) is 9.11. The fourth-order valence-electron chi connectivity index (χ4n) is 4.29. The van der Waals surface area contributed by atoms with Gasteiger partial charge in [0.15, 0.2) is 11.0 Å². The molecule has 9 heteroatoms. The van der Waals surface area contributed by atoms with Gasteiger partial charge in [0, 0.05) is 24.7 Å². The third-order valence-electron chi connectivity index (χ3n) is 6.32. The van der Waals surface area contributed by atoms with E-state index >= 15 is 0 Å². The number of nitrogens with zero attached hydrogens (tertiary/aromatic N) is 4. The third-order valence-corrected chi connectivity index (χ3v) is 7.99. The first-order chi connectivity index (χ1) is 16.9. The molecule has 1 aromatic heterocycles. The van der Waals surface area contributed by atoms with E-state index < -0.39 is 0 Å². The van der Waals surface area contributed by atoms with Crippen molar-refractivity contribution in [1.82, 2.24) is 25.0 Å². The Hall–Kier alpha value is -2.06. The number of hydrogen-bond acceptors (Lipinski definition) is 5. The molecule has 1 N–H and O–H groups in total. The van der Waals surface area contributed by atoms with Crippen molar-refractivity contribution in [2.24, 2.45) is 0 Å². The molecular formula is C26H31Cl2N5OS. The molecule has 6 nitrogen and oxygen atoms in total. The molecule has 1 aliphatic heterocycles. The molecule has 1 fully saturated rings. The number of nitrogens with one attached hydrogen (secondary N) is 1. The van der Waals surface area contributed by atoms with Gasteiger partial charge in [0.1, 0.15) is 0 Å². The van der Waals surface area contributed by atoms with Crippen LogP contribution in [0.1, 0.15) is 38.2 Å². The number of benzene rings is 2. The lowest BCUT2D eigenvalue weighted by molar-refractivity contribution is -0.118. The Labute approximate surface area is 221 Å². The number of aryl methyl sites for hydroxylation is 1. The van der Waals surface area contributed by atoms with Gasteiger partial charge in [-0.05, 0) is 57.9 Å². The summed E-state index contributed by atoms with van der Waals surface area (Å²) in [5, 5.41) is 13.4. The van der Waals surface area contributed by atoms with Crippen LogP contribution in [0.3, 0.4) is 0 Å². The van der Waals surface area contributed by atoms with Crippen LogP contribution in [0.15, 0.2) is 47.6 Å². The van der Waals surface area contributed by atoms with E-state index in [0.717, 1.165) is 29.8 Å². The van der Waals surface area contributed by atoms with Crippen LogP contribution in [0.5, 0.6) is 0 Å². The van der Waals surface area contributed by atoms with Gasteiger partial charge in [0.05, 0.1) is 21.5 Å². The van der Waals surface area contributed by atoms with Crippen molar-refractivity contribution in [3.8, 4) is 17.1 Å². The zero-order valence-electron chi connectivity index (χ0n) is 20.1. The SMILES string of the molecule is Cc1ccc(-c2nnc(SCC(=O)NCCCN3CCCCC3C)n2-c2ccc(Cl)c(Cl)c2)cc1. The van der Waals surface area contributed by atoms with Crippen LogP contribution in [0.2, 0.25) is 10.0 Å². The molecule has 2 heterocycles. The van der Waals surface area contributed by atoms with Gasteiger partial charge in [0.25, 0.3) is 0 Å². The number of rotatable bonds is 9. The van der Waals surface area contributed by atoms with Crippen LogP contribution in [0.4, 0.5) is 0 Å². The molecule has 2 aromatic carbocycles. The number of hydrogen-bond donors (Lipinski definition) is 1. The molecule has 1 aliphatic rings. The highest BCUT2D eigenvalue weighted by molar-refractivity contribution is 7.99. The van der Waals surface area contributed by atoms with Crippen molar-refractivity contribution in [2.75, 3.05) is 25.4 Å². The summed E-state index contributed by atoms with van der Waals surface area (Å²) in [5.41, 5.74) is 2.88. The molecule has 1 saturated heterocycles. The van der Waals surface area contributed by atoms with Gasteiger partial charge in [0.2, 0.25) is 5.91 Å². The quantitative estimate of drug-likeness (QED) is 0.270. The van der Waals surface area contributed by atoms with E-state index in [4.69, 9.17) is 23.2 Å². The lowest BCUT2D eigenvalue weighted by Gasteiger charge is -2.33. The van der Waals surface area contributed by atoms with Gasteiger partial charge >= 0.3 is 0 Å². The first kappa shape index (κ1) is 26.0. The Morgan fingerprint density at radius 2 is 1.91 bits per heavy atom. The molecule has 0 bridgehead atoms. The molecule has 35 heavy (non-hydrogen) atoms. The molecule has 186 valence electrons. The van der Waals surface area contributed by atoms with Crippen molar-refractivity contribution >= 4 is 40.9 Å². The van der Waals surface area contributed by atoms with Crippen LogP contribution >= 0.6 is 35.0 Å². The molecular weight excluding hydrogens is 501 g/mol. The van der Waals surface area contributed by atoms with Crippen molar-refractivity contribution in [3.63, 3.8) is 0 Å². The largest absolute Gasteiger partial charge is 0.355 e. The maximum absolute atomic E-state index is 12.6. The lowest BCUT2D eigenvalue weighted by atomic mass is 10.0. The minimum atomic E-state index is -0.0118. The zero-order chi connectivity index (χ0) is 24.8. The average molecular weight is 533 g/mol. The van der Waals surface area contributed by atoms with Crippen LogP contribution in [-0.2, 0) is 4.79 Å². The van der Waals surface area contributed by atoms with Crippen molar-refractivity contribution in [3.05, 3.63) is 58.1 Å². The number of piperidine rings is 1. The highest BCUT2D eigenvalue weighted by Crippen LogP contribution is 2.31. The number of thioether (sulfide) groups is 1. The molecule has 0 radical (unpaired) electrons. The smallest absolute Gasteiger partial charge is 0.230 e. The van der Waals surface area contributed by atoms with E-state index in [0.29, 0.717) is 33.6 Å². The molecule has 1 unspecified atom stereocenters. The van der Waals surface area contributed by atoms with Gasteiger partial charge < -0.3 is 10.2 Å². The number of carbonyl (C=O) groups excluding carboxylic acids is 1. The van der Waals surface area contributed by atoms with Gasteiger partial charge in [-0.3, -0.25) is 9.36 Å². The Morgan fingerprint density at radius 3 is 2.66 bits per heavy atom. The van der Waals surface area contributed by atoms with Crippen molar-refractivity contribution < 1.29 is 4.79 Å². The third kappa shape index (κ3) is 6.79. The summed E-state index contributed by atoms with van der Waals surface area (Å²) < 4.78 is 1.92. The number of carbonyl (C=O) groups is 1. The summed E-state index contributed by atoms with van der Waals surface area (Å²) >= 11 is 13.8. The summed E-state index contributed by atoms with van der Waals surface area (Å²) in [4.78, 5) is 15.1. The van der Waals surface area contributed by atoms with E-state index in [1.165, 1.54) is 37.6 Å². The van der Waals surface area contributed by atoms with Gasteiger partial charge in [-0.15, -0.1) is 10.2 Å². The van der Waals surface area contributed by atoms with E-state index in [2.05, 4.69) is 27.3 Å². The number of halogens is 2. The Morgan fingerprint density at radius 1 is 1.11 bits per heavy atom. The normalized spacial score (nSPS) is 16.4. The van der Waals surface area contributed by atoms with Gasteiger partial charge in [-0.25, -0.2) is 0 Å². The minimum Gasteiger partial charge on any atom is -0.355 e. The molecule has 0 spiro atoms. The molecule has 1 amide bonds. The maximum Gasteiger partial charge on any atom is 0.230 e. The first-order valence-electron chi connectivity index (χ1n) is 12.0. The van der Waals surface area contributed by atoms with Crippen molar-refractivity contribution in [1.29, 1.82) is 0 Å². The van der Waals surface area contributed by atoms with Crippen LogP contribution in [-0.4, -0.2) is 57.0 Å². The topological polar surface area (TPSA) is 63.1 Å². The van der Waals surface area contributed by atoms with Crippen LogP contribution in [0.25, 0.3) is 17.1 Å². The van der Waals surface area contributed by atoms with Gasteiger partial charge in [-0.2, -0.15) is 0 Å². The van der Waals surface area contributed by atoms with E-state index in [1.807, 2.05) is 41.8 Å². The molecule has 4 rings (SSSR count). The minimum absolute atomic E-state index is 0.0118. The van der Waals surface area contributed by atoms with Crippen LogP contribution in [0, 0.1) is 6.92 Å². The van der Waals surface area contributed by atoms with Gasteiger partial charge in [-0.1, -0.05) is 71.2 Å². The standard InChI is InChI=1S/C26H31Cl2N5OS/c1-18-7-9-20(10-8-18)25-30-31-26(33(25)21-11-12-22(27)23(28)16-21)35-17-24(34)29-13-5-15-32-14-4-3-6-19(32)2/h7-12,16,19H,3-6,13-15,17H2,1-2H3,(H,29,34). The van der Waals surface area contributed by atoms with Crippen LogP contribution < -0.4 is 5.32 Å². The Balaban J connectivity index is 1.41. The zero-order valence-corrected chi connectivity index (χ0v) is 22.5. The highest BCUT2D eigenvalue weighted by Gasteiger charge is 2.19. The predicted molar refractivity (Wildman–Crippen MR) is 145 cm³/mol. The molecule has 1 atom stereocenters. The summed E-state index contributed by atoms with van der Waals surface area (Å²) in [5.74, 6) is 0.928. The van der Waals surface area contributed by atoms with E-state index in [-0.39, 0.29) is 11.7 Å². The number of aromatic nitrogens is 3. The summed E-state index contributed by atoms with van der Waals surface area (Å²) in [6, 6.07) is 14.2. The van der Waals surface area contributed by atoms with E-state index in [1.54, 1.807) is 12.1 Å². The summed E-state index contributed by atoms with van der Waals surface area (Å²) in [6.45, 7) is 7.21. The monoisotopic (exact) mass is 531 g/mol. The molecule has 3 aromatic rings. The fraction of sp³-hybridized carbons (Fsp3) is 0.423. The second kappa shape index (κ2) is 12.3. The summed E-state index contributed by atoms with van der Waals surface area (Å²) in [7, 11) is 0. The van der Waals surface area contributed by atoms with Crippen molar-refractivity contribution in [2.45, 2.75) is 50.7 Å².